The smallest absolute Gasteiger partial charge is 0.203 e. The van der Waals surface area contributed by atoms with Crippen molar-refractivity contribution < 1.29 is 28.6 Å². The van der Waals surface area contributed by atoms with Crippen LogP contribution >= 0.6 is 0 Å². The van der Waals surface area contributed by atoms with Gasteiger partial charge in [0, 0.05) is 28.3 Å². The van der Waals surface area contributed by atoms with E-state index in [2.05, 4.69) is 0 Å². The second-order valence-electron chi connectivity index (χ2n) is 9.80. The SMILES string of the molecule is COc1ccc([C@H]2[C@@H](C(C)=O)N3c4ccccc4C=C[C@@H]3C23C(=O)c2ccccc2C3=O)c(OC)c1OC. The van der Waals surface area contributed by atoms with Crippen molar-refractivity contribution in [3.8, 4) is 17.2 Å². The molecule has 0 radical (unpaired) electrons. The maximum atomic E-state index is 14.5. The molecule has 0 amide bonds. The number of para-hydroxylation sites is 1. The monoisotopic (exact) mass is 509 g/mol. The molecule has 1 fully saturated rings. The van der Waals surface area contributed by atoms with E-state index in [-0.39, 0.29) is 17.3 Å². The highest BCUT2D eigenvalue weighted by atomic mass is 16.5. The first-order valence-electron chi connectivity index (χ1n) is 12.4. The zero-order chi connectivity index (χ0) is 26.8. The van der Waals surface area contributed by atoms with Crippen LogP contribution in [0, 0.1) is 5.41 Å². The average molecular weight is 510 g/mol. The lowest BCUT2D eigenvalue weighted by molar-refractivity contribution is -0.118. The first-order chi connectivity index (χ1) is 18.4. The number of Topliss-reactive ketones (excluding diaryl/α,β-unsaturated/α-hetero) is 3. The Kier molecular flexibility index (Phi) is 5.42. The summed E-state index contributed by atoms with van der Waals surface area (Å²) in [6.07, 6.45) is 3.83. The van der Waals surface area contributed by atoms with Crippen LogP contribution < -0.4 is 19.1 Å². The Hall–Kier alpha value is -4.39. The third-order valence-electron chi connectivity index (χ3n) is 8.20. The summed E-state index contributed by atoms with van der Waals surface area (Å²) in [5.74, 6) is -0.490. The van der Waals surface area contributed by atoms with Gasteiger partial charge in [-0.2, -0.15) is 0 Å². The van der Waals surface area contributed by atoms with Crippen molar-refractivity contribution in [3.05, 3.63) is 89.0 Å². The number of methoxy groups -OCH3 is 3. The van der Waals surface area contributed by atoms with E-state index in [4.69, 9.17) is 14.2 Å². The van der Waals surface area contributed by atoms with Crippen molar-refractivity contribution in [2.45, 2.75) is 24.9 Å². The summed E-state index contributed by atoms with van der Waals surface area (Å²) in [5, 5.41) is 0. The van der Waals surface area contributed by atoms with E-state index in [0.717, 1.165) is 11.3 Å². The van der Waals surface area contributed by atoms with Gasteiger partial charge in [-0.1, -0.05) is 60.7 Å². The van der Waals surface area contributed by atoms with Crippen molar-refractivity contribution in [1.29, 1.82) is 0 Å². The largest absolute Gasteiger partial charge is 0.493 e. The Morgan fingerprint density at radius 3 is 2.05 bits per heavy atom. The van der Waals surface area contributed by atoms with E-state index in [0.29, 0.717) is 33.9 Å². The molecular formula is C31H27NO6. The molecule has 0 aromatic heterocycles. The number of carbonyl (C=O) groups is 3. The Bertz CT molecular complexity index is 1500. The molecular weight excluding hydrogens is 482 g/mol. The maximum Gasteiger partial charge on any atom is 0.203 e. The normalized spacial score (nSPS) is 22.2. The van der Waals surface area contributed by atoms with Crippen molar-refractivity contribution in [2.24, 2.45) is 5.41 Å². The second kappa shape index (κ2) is 8.58. The molecule has 1 saturated heterocycles. The van der Waals surface area contributed by atoms with Gasteiger partial charge in [0.25, 0.3) is 0 Å². The zero-order valence-electron chi connectivity index (χ0n) is 21.6. The third-order valence-corrected chi connectivity index (χ3v) is 8.20. The van der Waals surface area contributed by atoms with Crippen LogP contribution in [-0.4, -0.2) is 50.8 Å². The van der Waals surface area contributed by atoms with Gasteiger partial charge in [-0.15, -0.1) is 0 Å². The predicted octanol–water partition coefficient (Wildman–Crippen LogP) is 4.73. The molecule has 0 saturated carbocycles. The zero-order valence-corrected chi connectivity index (χ0v) is 21.6. The highest BCUT2D eigenvalue weighted by Crippen LogP contribution is 2.62. The number of nitrogens with zero attached hydrogens (tertiary/aromatic N) is 1. The highest BCUT2D eigenvalue weighted by Gasteiger charge is 2.71. The van der Waals surface area contributed by atoms with Crippen LogP contribution in [0.3, 0.4) is 0 Å². The summed E-state index contributed by atoms with van der Waals surface area (Å²) in [6, 6.07) is 16.6. The van der Waals surface area contributed by atoms with E-state index in [1.54, 1.807) is 36.4 Å². The molecule has 3 aliphatic rings. The molecule has 1 spiro atoms. The number of anilines is 1. The number of ether oxygens (including phenoxy) is 3. The lowest BCUT2D eigenvalue weighted by Crippen LogP contribution is -2.48. The Labute approximate surface area is 220 Å². The molecule has 6 rings (SSSR count). The summed E-state index contributed by atoms with van der Waals surface area (Å²) in [5.41, 5.74) is 1.42. The molecule has 38 heavy (non-hydrogen) atoms. The van der Waals surface area contributed by atoms with E-state index < -0.39 is 23.4 Å². The van der Waals surface area contributed by atoms with Gasteiger partial charge in [-0.05, 0) is 24.6 Å². The summed E-state index contributed by atoms with van der Waals surface area (Å²) in [7, 11) is 4.52. The number of hydrogen-bond donors (Lipinski definition) is 0. The number of benzene rings is 3. The molecule has 192 valence electrons. The number of carbonyl (C=O) groups excluding carboxylic acids is 3. The number of fused-ring (bicyclic) bond motifs is 5. The lowest BCUT2D eigenvalue weighted by Gasteiger charge is -2.37. The van der Waals surface area contributed by atoms with E-state index in [1.807, 2.05) is 41.3 Å². The molecule has 0 N–H and O–H groups in total. The first kappa shape index (κ1) is 24.0. The van der Waals surface area contributed by atoms with Gasteiger partial charge < -0.3 is 19.1 Å². The predicted molar refractivity (Wildman–Crippen MR) is 143 cm³/mol. The van der Waals surface area contributed by atoms with Gasteiger partial charge >= 0.3 is 0 Å². The third kappa shape index (κ3) is 2.87. The van der Waals surface area contributed by atoms with Crippen LogP contribution in [0.5, 0.6) is 17.2 Å². The van der Waals surface area contributed by atoms with Gasteiger partial charge in [-0.25, -0.2) is 0 Å². The number of ketones is 3. The number of rotatable bonds is 5. The molecule has 7 heteroatoms. The number of hydrogen-bond acceptors (Lipinski definition) is 7. The van der Waals surface area contributed by atoms with Crippen LogP contribution in [0.15, 0.2) is 66.7 Å². The van der Waals surface area contributed by atoms with Crippen LogP contribution in [0.2, 0.25) is 0 Å². The molecule has 2 heterocycles. The molecule has 1 aliphatic carbocycles. The molecule has 3 aromatic carbocycles. The molecule has 2 aliphatic heterocycles. The molecule has 0 unspecified atom stereocenters. The van der Waals surface area contributed by atoms with Gasteiger partial charge in [0.2, 0.25) is 5.75 Å². The summed E-state index contributed by atoms with van der Waals surface area (Å²) in [6.45, 7) is 1.51. The molecule has 7 nitrogen and oxygen atoms in total. The van der Waals surface area contributed by atoms with Gasteiger partial charge in [0.15, 0.2) is 28.8 Å². The summed E-state index contributed by atoms with van der Waals surface area (Å²) < 4.78 is 17.0. The van der Waals surface area contributed by atoms with Crippen molar-refractivity contribution in [2.75, 3.05) is 26.2 Å². The fourth-order valence-electron chi connectivity index (χ4n) is 6.78. The molecule has 0 bridgehead atoms. The van der Waals surface area contributed by atoms with Crippen LogP contribution in [-0.2, 0) is 4.79 Å². The average Bonchev–Trinajstić information content (AvgIpc) is 3.38. The Morgan fingerprint density at radius 2 is 1.45 bits per heavy atom. The van der Waals surface area contributed by atoms with Gasteiger partial charge in [0.1, 0.15) is 5.41 Å². The quantitative estimate of drug-likeness (QED) is 0.460. The fourth-order valence-corrected chi connectivity index (χ4v) is 6.78. The van der Waals surface area contributed by atoms with Gasteiger partial charge in [0.05, 0.1) is 33.4 Å². The van der Waals surface area contributed by atoms with Gasteiger partial charge in [-0.3, -0.25) is 14.4 Å². The fraction of sp³-hybridized carbons (Fsp3) is 0.258. The topological polar surface area (TPSA) is 82.1 Å². The van der Waals surface area contributed by atoms with Crippen molar-refractivity contribution in [3.63, 3.8) is 0 Å². The Balaban J connectivity index is 1.72. The minimum Gasteiger partial charge on any atom is -0.493 e. The summed E-state index contributed by atoms with van der Waals surface area (Å²) >= 11 is 0. The van der Waals surface area contributed by atoms with Crippen LogP contribution in [0.1, 0.15) is 44.7 Å². The molecule has 3 atom stereocenters. The standard InChI is InChI=1S/C31H27NO6/c1-17(33)26-25(21-14-15-23(36-2)28(38-4)27(21)37-3)31(29(34)19-10-6-7-11-20(19)30(31)35)24-16-13-18-9-5-8-12-22(18)32(24)26/h5-16,24-26H,1-4H3/t24-,25+,26-/m1/s1. The van der Waals surface area contributed by atoms with E-state index >= 15 is 0 Å². The Morgan fingerprint density at radius 1 is 0.816 bits per heavy atom. The molecule has 3 aromatic rings. The maximum absolute atomic E-state index is 14.5. The lowest BCUT2D eigenvalue weighted by atomic mass is 9.64. The van der Waals surface area contributed by atoms with Crippen LogP contribution in [0.25, 0.3) is 6.08 Å². The minimum atomic E-state index is -1.59. The first-order valence-corrected chi connectivity index (χ1v) is 12.4. The van der Waals surface area contributed by atoms with E-state index in [9.17, 15) is 14.4 Å². The van der Waals surface area contributed by atoms with E-state index in [1.165, 1.54) is 28.3 Å². The summed E-state index contributed by atoms with van der Waals surface area (Å²) in [4.78, 5) is 44.6. The van der Waals surface area contributed by atoms with Crippen molar-refractivity contribution in [1.82, 2.24) is 0 Å². The minimum absolute atomic E-state index is 0.157. The highest BCUT2D eigenvalue weighted by molar-refractivity contribution is 6.32. The second-order valence-corrected chi connectivity index (χ2v) is 9.80. The van der Waals surface area contributed by atoms with Crippen molar-refractivity contribution >= 4 is 29.1 Å². The van der Waals surface area contributed by atoms with Crippen LogP contribution in [0.4, 0.5) is 5.69 Å².